The summed E-state index contributed by atoms with van der Waals surface area (Å²) in [5.74, 6) is 2.39. The van der Waals surface area contributed by atoms with E-state index in [0.717, 1.165) is 35.1 Å². The van der Waals surface area contributed by atoms with E-state index in [4.69, 9.17) is 19.3 Å². The third kappa shape index (κ3) is 5.89. The molecule has 1 atom stereocenters. The molecule has 186 valence electrons. The Kier molecular flexibility index (Phi) is 9.70. The number of fused-ring (bicyclic) bond motifs is 1. The fourth-order valence-electron chi connectivity index (χ4n) is 3.64. The Hall–Kier alpha value is -2.20. The van der Waals surface area contributed by atoms with Gasteiger partial charge in [-0.1, -0.05) is 32.0 Å². The number of hydrogen-bond acceptors (Lipinski definition) is 8. The highest BCUT2D eigenvalue weighted by Gasteiger charge is 2.36. The molecule has 0 bridgehead atoms. The number of nitrogens with zero attached hydrogens (tertiary/aromatic N) is 3. The number of carbonyl (C=O) groups excluding carboxylic acids is 1. The number of nitrogens with one attached hydrogen (secondary N) is 1. The van der Waals surface area contributed by atoms with Crippen LogP contribution in [0.5, 0.6) is 11.5 Å². The van der Waals surface area contributed by atoms with Gasteiger partial charge in [-0.25, -0.2) is 9.48 Å². The minimum atomic E-state index is -0.528. The lowest BCUT2D eigenvalue weighted by Crippen LogP contribution is -2.30. The molecule has 0 fully saturated rings. The topological polar surface area (TPSA) is 87.5 Å². The Bertz CT molecular complexity index is 1040. The average molecular weight is 554 g/mol. The zero-order chi connectivity index (χ0) is 24.7. The Morgan fingerprint density at radius 2 is 1.94 bits per heavy atom. The van der Waals surface area contributed by atoms with Gasteiger partial charge in [-0.15, -0.1) is 5.10 Å². The average Bonchev–Trinajstić information content (AvgIpc) is 3.21. The first-order valence-electron chi connectivity index (χ1n) is 11.8. The predicted molar refractivity (Wildman–Crippen MR) is 138 cm³/mol. The van der Waals surface area contributed by atoms with Crippen molar-refractivity contribution in [1.82, 2.24) is 14.8 Å². The maximum atomic E-state index is 13.2. The summed E-state index contributed by atoms with van der Waals surface area (Å²) >= 11 is 5.25. The number of carbonyl (C=O) groups is 1. The summed E-state index contributed by atoms with van der Waals surface area (Å²) < 4.78 is 19.8. The zero-order valence-electron chi connectivity index (χ0n) is 20.4. The van der Waals surface area contributed by atoms with Gasteiger partial charge in [-0.2, -0.15) is 4.98 Å². The SMILES string of the molecule is CCCCSc1nc2n(n1)C(c1cc(Br)c(OCC)c(OCC)c1)C(C(=O)OCCC)=C(C)N2. The molecular formula is C24H33BrN4O4S. The number of allylic oxidation sites excluding steroid dienone is 1. The number of thioether (sulfide) groups is 1. The highest BCUT2D eigenvalue weighted by Crippen LogP contribution is 2.43. The van der Waals surface area contributed by atoms with E-state index >= 15 is 0 Å². The van der Waals surface area contributed by atoms with Crippen molar-refractivity contribution in [3.8, 4) is 11.5 Å². The third-order valence-corrected chi connectivity index (χ3v) is 6.67. The summed E-state index contributed by atoms with van der Waals surface area (Å²) in [7, 11) is 0. The largest absolute Gasteiger partial charge is 0.490 e. The molecule has 0 radical (unpaired) electrons. The summed E-state index contributed by atoms with van der Waals surface area (Å²) in [6.45, 7) is 11.2. The fourth-order valence-corrected chi connectivity index (χ4v) is 5.13. The van der Waals surface area contributed by atoms with Crippen LogP contribution in [-0.4, -0.2) is 46.3 Å². The Morgan fingerprint density at radius 3 is 2.62 bits per heavy atom. The van der Waals surface area contributed by atoms with Crippen LogP contribution in [0.1, 0.15) is 65.5 Å². The van der Waals surface area contributed by atoms with Crippen molar-refractivity contribution < 1.29 is 19.0 Å². The summed E-state index contributed by atoms with van der Waals surface area (Å²) in [6.07, 6.45) is 2.93. The van der Waals surface area contributed by atoms with E-state index in [0.29, 0.717) is 53.7 Å². The van der Waals surface area contributed by atoms with Crippen molar-refractivity contribution in [2.45, 2.75) is 65.1 Å². The van der Waals surface area contributed by atoms with Gasteiger partial charge in [0.25, 0.3) is 0 Å². The summed E-state index contributed by atoms with van der Waals surface area (Å²) in [6, 6.07) is 3.32. The molecule has 0 aliphatic carbocycles. The molecule has 1 aliphatic rings. The van der Waals surface area contributed by atoms with Gasteiger partial charge in [0.1, 0.15) is 6.04 Å². The molecule has 1 unspecified atom stereocenters. The van der Waals surface area contributed by atoms with E-state index in [1.807, 2.05) is 39.8 Å². The summed E-state index contributed by atoms with van der Waals surface area (Å²) in [5.41, 5.74) is 2.01. The quantitative estimate of drug-likeness (QED) is 0.195. The molecule has 2 heterocycles. The van der Waals surface area contributed by atoms with E-state index in [2.05, 4.69) is 33.2 Å². The van der Waals surface area contributed by atoms with Crippen molar-refractivity contribution in [1.29, 1.82) is 0 Å². The third-order valence-electron chi connectivity index (χ3n) is 5.16. The lowest BCUT2D eigenvalue weighted by Gasteiger charge is -2.29. The van der Waals surface area contributed by atoms with E-state index in [9.17, 15) is 4.79 Å². The van der Waals surface area contributed by atoms with Gasteiger partial charge in [0.05, 0.1) is 29.9 Å². The minimum Gasteiger partial charge on any atom is -0.490 e. The first kappa shape index (κ1) is 26.4. The fraction of sp³-hybridized carbons (Fsp3) is 0.542. The van der Waals surface area contributed by atoms with Crippen molar-refractivity contribution in [2.24, 2.45) is 0 Å². The first-order valence-corrected chi connectivity index (χ1v) is 13.6. The second-order valence-corrected chi connectivity index (χ2v) is 9.68. The van der Waals surface area contributed by atoms with Crippen molar-refractivity contribution in [3.05, 3.63) is 33.4 Å². The molecule has 0 saturated heterocycles. The molecule has 10 heteroatoms. The molecule has 0 amide bonds. The zero-order valence-corrected chi connectivity index (χ0v) is 22.8. The van der Waals surface area contributed by atoms with Gasteiger partial charge in [-0.3, -0.25) is 0 Å². The molecule has 34 heavy (non-hydrogen) atoms. The maximum Gasteiger partial charge on any atom is 0.338 e. The van der Waals surface area contributed by atoms with Crippen LogP contribution in [0.4, 0.5) is 5.95 Å². The van der Waals surface area contributed by atoms with Crippen LogP contribution in [0.2, 0.25) is 0 Å². The Morgan fingerprint density at radius 1 is 1.18 bits per heavy atom. The molecule has 2 aromatic rings. The van der Waals surface area contributed by atoms with Crippen molar-refractivity contribution in [3.63, 3.8) is 0 Å². The molecule has 8 nitrogen and oxygen atoms in total. The van der Waals surface area contributed by atoms with E-state index in [1.54, 1.807) is 16.4 Å². The predicted octanol–water partition coefficient (Wildman–Crippen LogP) is 5.97. The minimum absolute atomic E-state index is 0.349. The van der Waals surface area contributed by atoms with E-state index in [-0.39, 0.29) is 5.97 Å². The normalized spacial score (nSPS) is 15.1. The van der Waals surface area contributed by atoms with Crippen LogP contribution < -0.4 is 14.8 Å². The highest BCUT2D eigenvalue weighted by atomic mass is 79.9. The lowest BCUT2D eigenvalue weighted by molar-refractivity contribution is -0.139. The van der Waals surface area contributed by atoms with Gasteiger partial charge >= 0.3 is 5.97 Å². The van der Waals surface area contributed by atoms with Crippen LogP contribution in [0.15, 0.2) is 33.0 Å². The standard InChI is InChI=1S/C24H33BrN4O4S/c1-6-10-12-34-24-27-23-26-15(5)19(22(30)33-11-7-2)20(29(23)28-24)16-13-17(25)21(32-9-4)18(14-16)31-8-3/h13-14,20H,6-12H2,1-5H3,(H,26,27,28). The molecule has 0 saturated carbocycles. The molecule has 3 rings (SSSR count). The van der Waals surface area contributed by atoms with Crippen molar-refractivity contribution >= 4 is 39.6 Å². The first-order chi connectivity index (χ1) is 16.4. The Labute approximate surface area is 214 Å². The number of halogens is 1. The number of esters is 1. The van der Waals surface area contributed by atoms with Crippen LogP contribution >= 0.6 is 27.7 Å². The smallest absolute Gasteiger partial charge is 0.338 e. The van der Waals surface area contributed by atoms with E-state index in [1.165, 1.54) is 0 Å². The van der Waals surface area contributed by atoms with E-state index < -0.39 is 6.04 Å². The van der Waals surface area contributed by atoms with Crippen molar-refractivity contribution in [2.75, 3.05) is 30.9 Å². The maximum absolute atomic E-state index is 13.2. The summed E-state index contributed by atoms with van der Waals surface area (Å²) in [5, 5.41) is 8.69. The summed E-state index contributed by atoms with van der Waals surface area (Å²) in [4.78, 5) is 17.9. The number of anilines is 1. The number of benzene rings is 1. The van der Waals surface area contributed by atoms with Gasteiger partial charge in [0.15, 0.2) is 11.5 Å². The molecular weight excluding hydrogens is 520 g/mol. The van der Waals surface area contributed by atoms with Crippen LogP contribution in [0.3, 0.4) is 0 Å². The molecule has 1 aromatic carbocycles. The number of rotatable bonds is 12. The van der Waals surface area contributed by atoms with Crippen LogP contribution in [0.25, 0.3) is 0 Å². The number of unbranched alkanes of at least 4 members (excludes halogenated alkanes) is 1. The number of aromatic nitrogens is 3. The van der Waals surface area contributed by atoms with Gasteiger partial charge in [0, 0.05) is 11.4 Å². The number of ether oxygens (including phenoxy) is 3. The van der Waals surface area contributed by atoms with Gasteiger partial charge < -0.3 is 19.5 Å². The number of hydrogen-bond donors (Lipinski definition) is 1. The molecule has 1 aromatic heterocycles. The molecule has 1 N–H and O–H groups in total. The van der Waals surface area contributed by atoms with Crippen LogP contribution in [0, 0.1) is 0 Å². The molecule has 1 aliphatic heterocycles. The second kappa shape index (κ2) is 12.5. The molecule has 0 spiro atoms. The second-order valence-electron chi connectivity index (χ2n) is 7.76. The highest BCUT2D eigenvalue weighted by molar-refractivity contribution is 9.10. The van der Waals surface area contributed by atoms with Gasteiger partial charge in [-0.05, 0) is 67.2 Å². The van der Waals surface area contributed by atoms with Gasteiger partial charge in [0.2, 0.25) is 11.1 Å². The Balaban J connectivity index is 2.12. The monoisotopic (exact) mass is 552 g/mol. The lowest BCUT2D eigenvalue weighted by atomic mass is 9.95. The van der Waals surface area contributed by atoms with Crippen LogP contribution in [-0.2, 0) is 9.53 Å².